The van der Waals surface area contributed by atoms with Crippen molar-refractivity contribution in [2.45, 2.75) is 6.36 Å². The Bertz CT molecular complexity index is 1130. The van der Waals surface area contributed by atoms with Gasteiger partial charge in [-0.2, -0.15) is 5.26 Å². The van der Waals surface area contributed by atoms with Gasteiger partial charge in [0.15, 0.2) is 5.70 Å². The highest BCUT2D eigenvalue weighted by atomic mass is 79.9. The second kappa shape index (κ2) is 7.18. The molecule has 0 unspecified atom stereocenters. The van der Waals surface area contributed by atoms with Crippen LogP contribution in [0.5, 0.6) is 5.75 Å². The summed E-state index contributed by atoms with van der Waals surface area (Å²) < 4.78 is 42.8. The molecular formula is C19H9BrF3N3O. The van der Waals surface area contributed by atoms with Crippen LogP contribution in [0.3, 0.4) is 0 Å². The fourth-order valence-electron chi connectivity index (χ4n) is 2.57. The lowest BCUT2D eigenvalue weighted by Gasteiger charge is -2.12. The molecule has 0 spiro atoms. The lowest BCUT2D eigenvalue weighted by molar-refractivity contribution is -0.274. The van der Waals surface area contributed by atoms with Crippen LogP contribution in [-0.2, 0) is 0 Å². The summed E-state index contributed by atoms with van der Waals surface area (Å²) in [5.74, 6) is -0.483. The molecule has 1 N–H and O–H groups in total. The van der Waals surface area contributed by atoms with Crippen molar-refractivity contribution in [1.29, 1.82) is 5.26 Å². The number of H-pyrrole nitrogens is 1. The predicted molar refractivity (Wildman–Crippen MR) is 98.3 cm³/mol. The molecule has 3 aromatic rings. The maximum atomic E-state index is 12.7. The summed E-state index contributed by atoms with van der Waals surface area (Å²) in [4.78, 5) is 6.48. The van der Waals surface area contributed by atoms with Gasteiger partial charge in [0.05, 0.1) is 18.2 Å². The molecule has 0 aliphatic carbocycles. The largest absolute Gasteiger partial charge is 0.573 e. The van der Waals surface area contributed by atoms with Crippen molar-refractivity contribution >= 4 is 38.6 Å². The Morgan fingerprint density at radius 3 is 2.70 bits per heavy atom. The first-order valence-corrected chi connectivity index (χ1v) is 8.26. The van der Waals surface area contributed by atoms with Crippen LogP contribution in [0.25, 0.3) is 27.5 Å². The molecule has 0 saturated heterocycles. The molecule has 1 heterocycles. The van der Waals surface area contributed by atoms with Gasteiger partial charge in [0.25, 0.3) is 0 Å². The van der Waals surface area contributed by atoms with Gasteiger partial charge in [-0.3, -0.25) is 0 Å². The van der Waals surface area contributed by atoms with Crippen molar-refractivity contribution in [3.8, 4) is 11.8 Å². The van der Waals surface area contributed by atoms with Crippen molar-refractivity contribution in [2.75, 3.05) is 0 Å². The minimum atomic E-state index is -4.89. The zero-order chi connectivity index (χ0) is 19.6. The second-order valence-corrected chi connectivity index (χ2v) is 6.36. The molecule has 4 nitrogen and oxygen atoms in total. The molecule has 0 bridgehead atoms. The van der Waals surface area contributed by atoms with Gasteiger partial charge in [0.1, 0.15) is 5.75 Å². The van der Waals surface area contributed by atoms with Crippen LogP contribution >= 0.6 is 15.9 Å². The van der Waals surface area contributed by atoms with Gasteiger partial charge in [-0.15, -0.1) is 13.2 Å². The number of aromatic nitrogens is 1. The number of nitrogens with zero attached hydrogens (tertiary/aromatic N) is 2. The van der Waals surface area contributed by atoms with Crippen LogP contribution < -0.4 is 4.74 Å². The Labute approximate surface area is 160 Å². The molecule has 0 radical (unpaired) electrons. The van der Waals surface area contributed by atoms with E-state index in [-0.39, 0.29) is 16.8 Å². The Morgan fingerprint density at radius 2 is 2.04 bits per heavy atom. The van der Waals surface area contributed by atoms with E-state index in [1.165, 1.54) is 18.2 Å². The van der Waals surface area contributed by atoms with Gasteiger partial charge in [-0.1, -0.05) is 15.9 Å². The predicted octanol–water partition coefficient (Wildman–Crippen LogP) is 6.12. The Morgan fingerprint density at radius 1 is 1.26 bits per heavy atom. The minimum absolute atomic E-state index is 0.0123. The standard InChI is InChI=1S/C19H9BrF3N3O/c1-25-17(15-10-26-16-4-3-13(20)8-14(15)16)7-12-6-11(9-24)2-5-18(12)27-19(21,22)23/h2-8,10,26H/b17-7-. The van der Waals surface area contributed by atoms with Gasteiger partial charge in [0.2, 0.25) is 0 Å². The number of nitrogens with one attached hydrogen (secondary N) is 1. The average Bonchev–Trinajstić information content (AvgIpc) is 3.02. The zero-order valence-electron chi connectivity index (χ0n) is 13.4. The molecule has 2 aromatic carbocycles. The molecule has 0 saturated carbocycles. The molecule has 0 aliphatic rings. The number of benzene rings is 2. The first kappa shape index (κ1) is 18.6. The highest BCUT2D eigenvalue weighted by Gasteiger charge is 2.32. The van der Waals surface area contributed by atoms with E-state index in [0.29, 0.717) is 5.56 Å². The fourth-order valence-corrected chi connectivity index (χ4v) is 2.93. The van der Waals surface area contributed by atoms with Crippen LogP contribution in [0.2, 0.25) is 0 Å². The highest BCUT2D eigenvalue weighted by Crippen LogP contribution is 2.33. The van der Waals surface area contributed by atoms with E-state index >= 15 is 0 Å². The minimum Gasteiger partial charge on any atom is -0.405 e. The van der Waals surface area contributed by atoms with E-state index in [0.717, 1.165) is 21.4 Å². The molecule has 1 aromatic heterocycles. The molecule has 3 rings (SSSR count). The van der Waals surface area contributed by atoms with Crippen molar-refractivity contribution in [2.24, 2.45) is 0 Å². The topological polar surface area (TPSA) is 53.2 Å². The Hall–Kier alpha value is -3.23. The summed E-state index contributed by atoms with van der Waals surface area (Å²) in [6, 6.07) is 10.8. The number of alkyl halides is 3. The van der Waals surface area contributed by atoms with E-state index in [2.05, 4.69) is 30.5 Å². The molecular weight excluding hydrogens is 423 g/mol. The molecule has 27 heavy (non-hydrogen) atoms. The third kappa shape index (κ3) is 4.13. The van der Waals surface area contributed by atoms with E-state index in [4.69, 9.17) is 11.8 Å². The van der Waals surface area contributed by atoms with Gasteiger partial charge < -0.3 is 9.72 Å². The summed E-state index contributed by atoms with van der Waals surface area (Å²) in [7, 11) is 0. The third-order valence-electron chi connectivity index (χ3n) is 3.70. The summed E-state index contributed by atoms with van der Waals surface area (Å²) in [6.45, 7) is 7.47. The molecule has 0 aliphatic heterocycles. The highest BCUT2D eigenvalue weighted by molar-refractivity contribution is 9.10. The van der Waals surface area contributed by atoms with Gasteiger partial charge >= 0.3 is 6.36 Å². The summed E-state index contributed by atoms with van der Waals surface area (Å²) in [5, 5.41) is 9.77. The summed E-state index contributed by atoms with van der Waals surface area (Å²) in [6.07, 6.45) is -2.00. The number of rotatable bonds is 3. The zero-order valence-corrected chi connectivity index (χ0v) is 15.0. The van der Waals surface area contributed by atoms with E-state index in [1.807, 2.05) is 18.2 Å². The van der Waals surface area contributed by atoms with Crippen LogP contribution in [0.4, 0.5) is 13.2 Å². The monoisotopic (exact) mass is 431 g/mol. The summed E-state index contributed by atoms with van der Waals surface area (Å²) >= 11 is 3.36. The van der Waals surface area contributed by atoms with Crippen molar-refractivity contribution < 1.29 is 17.9 Å². The van der Waals surface area contributed by atoms with Crippen LogP contribution in [-0.4, -0.2) is 11.3 Å². The molecule has 0 amide bonds. The molecule has 134 valence electrons. The second-order valence-electron chi connectivity index (χ2n) is 5.45. The van der Waals surface area contributed by atoms with Crippen molar-refractivity contribution in [1.82, 2.24) is 4.98 Å². The smallest absolute Gasteiger partial charge is 0.405 e. The van der Waals surface area contributed by atoms with E-state index in [1.54, 1.807) is 12.3 Å². The first-order valence-electron chi connectivity index (χ1n) is 7.47. The first-order chi connectivity index (χ1) is 12.8. The van der Waals surface area contributed by atoms with Crippen molar-refractivity contribution in [3.63, 3.8) is 0 Å². The normalized spacial score (nSPS) is 11.9. The van der Waals surface area contributed by atoms with Crippen LogP contribution in [0.1, 0.15) is 16.7 Å². The number of nitriles is 1. The SMILES string of the molecule is [C-]#[N+]/C(=C\c1cc(C#N)ccc1OC(F)(F)F)c1c[nH]c2ccc(Br)cc12. The van der Waals surface area contributed by atoms with Gasteiger partial charge in [-0.25, -0.2) is 4.85 Å². The third-order valence-corrected chi connectivity index (χ3v) is 4.19. The lowest BCUT2D eigenvalue weighted by Crippen LogP contribution is -2.17. The Balaban J connectivity index is 2.17. The quantitative estimate of drug-likeness (QED) is 0.508. The molecule has 8 heteroatoms. The maximum Gasteiger partial charge on any atom is 0.573 e. The fraction of sp³-hybridized carbons (Fsp3) is 0.0526. The average molecular weight is 432 g/mol. The molecule has 0 atom stereocenters. The van der Waals surface area contributed by atoms with Crippen molar-refractivity contribution in [3.05, 3.63) is 75.2 Å². The maximum absolute atomic E-state index is 12.7. The number of halogens is 4. The number of aromatic amines is 1. The van der Waals surface area contributed by atoms with Gasteiger partial charge in [-0.05, 0) is 54.1 Å². The summed E-state index contributed by atoms with van der Waals surface area (Å²) in [5.41, 5.74) is 1.56. The number of hydrogen-bond donors (Lipinski definition) is 1. The number of fused-ring (bicyclic) bond motifs is 1. The number of ether oxygens (including phenoxy) is 1. The van der Waals surface area contributed by atoms with E-state index < -0.39 is 12.1 Å². The Kier molecular flexibility index (Phi) is 4.93. The van der Waals surface area contributed by atoms with Crippen LogP contribution in [0, 0.1) is 17.9 Å². The lowest BCUT2D eigenvalue weighted by atomic mass is 10.1. The van der Waals surface area contributed by atoms with E-state index in [9.17, 15) is 13.2 Å². The molecule has 0 fully saturated rings. The van der Waals surface area contributed by atoms with Gasteiger partial charge in [0, 0.05) is 21.1 Å². The van der Waals surface area contributed by atoms with Crippen LogP contribution in [0.15, 0.2) is 47.1 Å². The number of hydrogen-bond acceptors (Lipinski definition) is 2.